The van der Waals surface area contributed by atoms with Crippen LogP contribution in [0, 0.1) is 5.92 Å². The van der Waals surface area contributed by atoms with E-state index in [9.17, 15) is 0 Å². The summed E-state index contributed by atoms with van der Waals surface area (Å²) in [5.74, 6) is 0.522. The highest BCUT2D eigenvalue weighted by atomic mass is 16.6. The molecule has 1 aromatic carbocycles. The molecular formula is C16H17N3O. The number of nitrogens with zero attached hydrogens (tertiary/aromatic N) is 3. The summed E-state index contributed by atoms with van der Waals surface area (Å²) < 4.78 is 0. The molecule has 0 saturated carbocycles. The molecule has 1 atom stereocenters. The molecule has 3 rings (SSSR count). The molecule has 0 aliphatic heterocycles. The summed E-state index contributed by atoms with van der Waals surface area (Å²) in [5, 5.41) is 12.9. The number of benzene rings is 1. The Morgan fingerprint density at radius 1 is 1.15 bits per heavy atom. The molecular weight excluding hydrogens is 250 g/mol. The summed E-state index contributed by atoms with van der Waals surface area (Å²) in [6, 6.07) is 12.1. The molecule has 102 valence electrons. The molecule has 0 bridgehead atoms. The molecule has 0 radical (unpaired) electrons. The molecule has 20 heavy (non-hydrogen) atoms. The number of fused-ring (bicyclic) bond motifs is 1. The predicted molar refractivity (Wildman–Crippen MR) is 78.5 cm³/mol. The largest absolute Gasteiger partial charge is 0.399 e. The zero-order chi connectivity index (χ0) is 13.9. The maximum atomic E-state index is 4.97. The topological polar surface area (TPSA) is 47.4 Å². The van der Waals surface area contributed by atoms with Gasteiger partial charge in [-0.05, 0) is 24.8 Å². The van der Waals surface area contributed by atoms with E-state index in [0.29, 0.717) is 5.92 Å². The van der Waals surface area contributed by atoms with Crippen LogP contribution >= 0.6 is 0 Å². The van der Waals surface area contributed by atoms with Gasteiger partial charge in [0.1, 0.15) is 7.11 Å². The first-order valence-electron chi connectivity index (χ1n) is 6.80. The second kappa shape index (κ2) is 5.41. The maximum Gasteiger partial charge on any atom is 0.106 e. The van der Waals surface area contributed by atoms with Gasteiger partial charge in [-0.25, -0.2) is 0 Å². The molecule has 0 spiro atoms. The van der Waals surface area contributed by atoms with Crippen LogP contribution < -0.4 is 0 Å². The molecule has 0 saturated heterocycles. The van der Waals surface area contributed by atoms with Crippen molar-refractivity contribution < 1.29 is 4.84 Å². The minimum absolute atomic E-state index is 0.522. The second-order valence-corrected chi connectivity index (χ2v) is 5.19. The average Bonchev–Trinajstić information content (AvgIpc) is 2.48. The fourth-order valence-electron chi connectivity index (χ4n) is 2.61. The van der Waals surface area contributed by atoms with Crippen LogP contribution in [-0.2, 0) is 11.3 Å². The van der Waals surface area contributed by atoms with Crippen molar-refractivity contribution in [2.24, 2.45) is 11.1 Å². The molecule has 2 aromatic rings. The van der Waals surface area contributed by atoms with Gasteiger partial charge in [-0.15, -0.1) is 0 Å². The Bertz CT molecular complexity index is 637. The SMILES string of the molecule is CO/N=C1/C[C@H](C)Cc2nnc(-c3ccccc3)cc21. The zero-order valence-corrected chi connectivity index (χ0v) is 11.7. The van der Waals surface area contributed by atoms with E-state index in [1.165, 1.54) is 0 Å². The average molecular weight is 267 g/mol. The van der Waals surface area contributed by atoms with Crippen LogP contribution in [0.3, 0.4) is 0 Å². The van der Waals surface area contributed by atoms with E-state index in [0.717, 1.165) is 41.1 Å². The van der Waals surface area contributed by atoms with Crippen molar-refractivity contribution in [2.45, 2.75) is 19.8 Å². The normalized spacial score (nSPS) is 19.7. The van der Waals surface area contributed by atoms with Crippen LogP contribution in [0.25, 0.3) is 11.3 Å². The first-order valence-corrected chi connectivity index (χ1v) is 6.80. The molecule has 1 aromatic heterocycles. The van der Waals surface area contributed by atoms with E-state index >= 15 is 0 Å². The number of hydrogen-bond donors (Lipinski definition) is 0. The number of oxime groups is 1. The predicted octanol–water partition coefficient (Wildman–Crippen LogP) is 3.08. The maximum absolute atomic E-state index is 4.97. The fraction of sp³-hybridized carbons (Fsp3) is 0.312. The summed E-state index contributed by atoms with van der Waals surface area (Å²) in [6.45, 7) is 2.20. The lowest BCUT2D eigenvalue weighted by molar-refractivity contribution is 0.212. The first kappa shape index (κ1) is 12.8. The van der Waals surface area contributed by atoms with Gasteiger partial charge in [0.05, 0.1) is 17.1 Å². The molecule has 4 nitrogen and oxygen atoms in total. The van der Waals surface area contributed by atoms with Crippen molar-refractivity contribution in [3.8, 4) is 11.3 Å². The highest BCUT2D eigenvalue weighted by molar-refractivity contribution is 6.02. The molecule has 0 amide bonds. The molecule has 0 fully saturated rings. The van der Waals surface area contributed by atoms with E-state index < -0.39 is 0 Å². The van der Waals surface area contributed by atoms with Crippen LogP contribution in [-0.4, -0.2) is 23.0 Å². The number of aromatic nitrogens is 2. The summed E-state index contributed by atoms with van der Waals surface area (Å²) in [6.07, 6.45) is 1.86. The summed E-state index contributed by atoms with van der Waals surface area (Å²) in [5.41, 5.74) is 4.99. The van der Waals surface area contributed by atoms with E-state index in [-0.39, 0.29) is 0 Å². The first-order chi connectivity index (χ1) is 9.78. The molecule has 1 heterocycles. The molecule has 0 N–H and O–H groups in total. The van der Waals surface area contributed by atoms with Gasteiger partial charge in [0.2, 0.25) is 0 Å². The van der Waals surface area contributed by atoms with Gasteiger partial charge in [-0.2, -0.15) is 10.2 Å². The zero-order valence-electron chi connectivity index (χ0n) is 11.7. The van der Waals surface area contributed by atoms with Crippen molar-refractivity contribution in [1.82, 2.24) is 10.2 Å². The lowest BCUT2D eigenvalue weighted by atomic mass is 9.86. The van der Waals surface area contributed by atoms with E-state index in [2.05, 4.69) is 28.3 Å². The van der Waals surface area contributed by atoms with Crippen LogP contribution in [0.1, 0.15) is 24.6 Å². The molecule has 1 aliphatic rings. The molecule has 0 unspecified atom stereocenters. The Morgan fingerprint density at radius 2 is 1.95 bits per heavy atom. The van der Waals surface area contributed by atoms with Gasteiger partial charge in [0.25, 0.3) is 0 Å². The van der Waals surface area contributed by atoms with Crippen molar-refractivity contribution in [3.63, 3.8) is 0 Å². The molecule has 4 heteroatoms. The standard InChI is InChI=1S/C16H17N3O/c1-11-8-15-13(16(9-11)19-20-2)10-14(17-18-15)12-6-4-3-5-7-12/h3-7,10-11H,8-9H2,1-2H3/b19-16-/t11-/m1/s1. The Labute approximate surface area is 118 Å². The van der Waals surface area contributed by atoms with Crippen LogP contribution in [0.15, 0.2) is 41.6 Å². The van der Waals surface area contributed by atoms with E-state index in [4.69, 9.17) is 4.84 Å². The Morgan fingerprint density at radius 3 is 2.70 bits per heavy atom. The van der Waals surface area contributed by atoms with E-state index in [1.807, 2.05) is 30.3 Å². The Balaban J connectivity index is 2.07. The summed E-state index contributed by atoms with van der Waals surface area (Å²) >= 11 is 0. The minimum Gasteiger partial charge on any atom is -0.399 e. The van der Waals surface area contributed by atoms with Crippen molar-refractivity contribution >= 4 is 5.71 Å². The van der Waals surface area contributed by atoms with Gasteiger partial charge in [-0.3, -0.25) is 0 Å². The second-order valence-electron chi connectivity index (χ2n) is 5.19. The third kappa shape index (κ3) is 2.41. The minimum atomic E-state index is 0.522. The number of hydrogen-bond acceptors (Lipinski definition) is 4. The highest BCUT2D eigenvalue weighted by Gasteiger charge is 2.23. The monoisotopic (exact) mass is 267 g/mol. The lowest BCUT2D eigenvalue weighted by Crippen LogP contribution is -2.21. The summed E-state index contributed by atoms with van der Waals surface area (Å²) in [7, 11) is 1.58. The van der Waals surface area contributed by atoms with E-state index in [1.54, 1.807) is 7.11 Å². The van der Waals surface area contributed by atoms with Crippen LogP contribution in [0.2, 0.25) is 0 Å². The Hall–Kier alpha value is -2.23. The smallest absolute Gasteiger partial charge is 0.106 e. The third-order valence-corrected chi connectivity index (χ3v) is 3.54. The number of rotatable bonds is 2. The Kier molecular flexibility index (Phi) is 3.46. The van der Waals surface area contributed by atoms with Crippen molar-refractivity contribution in [1.29, 1.82) is 0 Å². The third-order valence-electron chi connectivity index (χ3n) is 3.54. The van der Waals surface area contributed by atoms with Gasteiger partial charge in [0, 0.05) is 11.1 Å². The van der Waals surface area contributed by atoms with Gasteiger partial charge in [-0.1, -0.05) is 42.4 Å². The lowest BCUT2D eigenvalue weighted by Gasteiger charge is -2.21. The van der Waals surface area contributed by atoms with Crippen molar-refractivity contribution in [2.75, 3.05) is 7.11 Å². The molecule has 1 aliphatic carbocycles. The van der Waals surface area contributed by atoms with Gasteiger partial charge < -0.3 is 4.84 Å². The summed E-state index contributed by atoms with van der Waals surface area (Å²) in [4.78, 5) is 4.97. The van der Waals surface area contributed by atoms with Crippen LogP contribution in [0.5, 0.6) is 0 Å². The quantitative estimate of drug-likeness (QED) is 0.786. The van der Waals surface area contributed by atoms with Gasteiger partial charge in [0.15, 0.2) is 0 Å². The fourth-order valence-corrected chi connectivity index (χ4v) is 2.61. The highest BCUT2D eigenvalue weighted by Crippen LogP contribution is 2.27. The van der Waals surface area contributed by atoms with Crippen molar-refractivity contribution in [3.05, 3.63) is 47.7 Å². The van der Waals surface area contributed by atoms with Crippen LogP contribution in [0.4, 0.5) is 0 Å². The van der Waals surface area contributed by atoms with Gasteiger partial charge >= 0.3 is 0 Å².